The van der Waals surface area contributed by atoms with Crippen LogP contribution in [0.1, 0.15) is 20.8 Å². The molecule has 0 amide bonds. The maximum Gasteiger partial charge on any atom is 0.330 e. The monoisotopic (exact) mass is 170 g/mol. The largest absolute Gasteiger partial charge is 0.478 e. The molecule has 12 heavy (non-hydrogen) atoms. The highest BCUT2D eigenvalue weighted by Crippen LogP contribution is 1.87. The van der Waals surface area contributed by atoms with Gasteiger partial charge in [0.2, 0.25) is 0 Å². The predicted octanol–water partition coefficient (Wildman–Crippen LogP) is 1.80. The summed E-state index contributed by atoms with van der Waals surface area (Å²) in [6.07, 6.45) is 5.44. The minimum absolute atomic E-state index is 0.389. The van der Waals surface area contributed by atoms with Crippen molar-refractivity contribution in [2.24, 2.45) is 0 Å². The van der Waals surface area contributed by atoms with Crippen LogP contribution in [-0.4, -0.2) is 17.4 Å². The summed E-state index contributed by atoms with van der Waals surface area (Å²) in [7, 11) is 0. The summed E-state index contributed by atoms with van der Waals surface area (Å²) in [6.45, 7) is 5.06. The van der Waals surface area contributed by atoms with E-state index in [1.165, 1.54) is 6.08 Å². The molecule has 0 heterocycles. The van der Waals surface area contributed by atoms with Crippen molar-refractivity contribution in [1.82, 2.24) is 0 Å². The maximum atomic E-state index is 9.86. The Hall–Kier alpha value is -1.38. The fourth-order valence-electron chi connectivity index (χ4n) is 0.202. The average molecular weight is 170 g/mol. The zero-order valence-electron chi connectivity index (χ0n) is 7.57. The molecule has 0 spiro atoms. The van der Waals surface area contributed by atoms with Gasteiger partial charge in [0.25, 0.3) is 0 Å². The van der Waals surface area contributed by atoms with Gasteiger partial charge in [-0.05, 0) is 26.8 Å². The topological polar surface area (TPSA) is 54.4 Å². The molecule has 68 valence electrons. The van der Waals surface area contributed by atoms with Gasteiger partial charge < -0.3 is 5.11 Å². The van der Waals surface area contributed by atoms with Gasteiger partial charge in [-0.25, -0.2) is 4.79 Å². The second kappa shape index (κ2) is 9.62. The van der Waals surface area contributed by atoms with Gasteiger partial charge in [-0.3, -0.25) is 4.79 Å². The molecule has 0 aliphatic carbocycles. The normalized spacial score (nSPS) is 10.4. The fraction of sp³-hybridized carbons (Fsp3) is 0.333. The SMILES string of the molecule is CC=C(C)C(=O)O.CC=CC=O. The number of rotatable bonds is 2. The molecule has 1 N–H and O–H groups in total. The number of aldehydes is 1. The lowest BCUT2D eigenvalue weighted by Gasteiger charge is -1.84. The molecule has 0 bridgehead atoms. The van der Waals surface area contributed by atoms with Gasteiger partial charge in [0.05, 0.1) is 0 Å². The van der Waals surface area contributed by atoms with E-state index in [-0.39, 0.29) is 0 Å². The first-order valence-electron chi connectivity index (χ1n) is 3.52. The number of allylic oxidation sites excluding steroid dienone is 3. The first-order valence-corrected chi connectivity index (χ1v) is 3.52. The number of carboxylic acids is 1. The molecule has 0 aliphatic heterocycles. The van der Waals surface area contributed by atoms with Crippen molar-refractivity contribution >= 4 is 12.3 Å². The van der Waals surface area contributed by atoms with E-state index < -0.39 is 5.97 Å². The minimum Gasteiger partial charge on any atom is -0.478 e. The Morgan fingerprint density at radius 3 is 1.83 bits per heavy atom. The van der Waals surface area contributed by atoms with Crippen LogP contribution in [0, 0.1) is 0 Å². The summed E-state index contributed by atoms with van der Waals surface area (Å²) in [5.74, 6) is -0.845. The van der Waals surface area contributed by atoms with Crippen molar-refractivity contribution in [2.45, 2.75) is 20.8 Å². The lowest BCUT2D eigenvalue weighted by atomic mass is 10.3. The van der Waals surface area contributed by atoms with Gasteiger partial charge in [0, 0.05) is 5.57 Å². The molecule has 0 aromatic rings. The van der Waals surface area contributed by atoms with E-state index in [4.69, 9.17) is 5.11 Å². The number of aliphatic carboxylic acids is 1. The van der Waals surface area contributed by atoms with E-state index in [0.717, 1.165) is 6.29 Å². The number of carboxylic acid groups (broad SMARTS) is 1. The molecule has 0 saturated carbocycles. The van der Waals surface area contributed by atoms with Crippen LogP contribution in [0.3, 0.4) is 0 Å². The number of carbonyl (C=O) groups excluding carboxylic acids is 1. The van der Waals surface area contributed by atoms with Crippen molar-refractivity contribution in [3.63, 3.8) is 0 Å². The van der Waals surface area contributed by atoms with Crippen molar-refractivity contribution < 1.29 is 14.7 Å². The van der Waals surface area contributed by atoms with Gasteiger partial charge in [-0.1, -0.05) is 12.2 Å². The lowest BCUT2D eigenvalue weighted by molar-refractivity contribution is -0.132. The van der Waals surface area contributed by atoms with Crippen LogP contribution in [0.2, 0.25) is 0 Å². The summed E-state index contributed by atoms with van der Waals surface area (Å²) in [4.78, 5) is 19.2. The summed E-state index contributed by atoms with van der Waals surface area (Å²) < 4.78 is 0. The quantitative estimate of drug-likeness (QED) is 0.507. The second-order valence-electron chi connectivity index (χ2n) is 1.94. The Balaban J connectivity index is 0. The van der Waals surface area contributed by atoms with E-state index >= 15 is 0 Å². The van der Waals surface area contributed by atoms with Crippen LogP contribution in [0.4, 0.5) is 0 Å². The van der Waals surface area contributed by atoms with Crippen molar-refractivity contribution in [3.05, 3.63) is 23.8 Å². The smallest absolute Gasteiger partial charge is 0.330 e. The fourth-order valence-corrected chi connectivity index (χ4v) is 0.202. The lowest BCUT2D eigenvalue weighted by Crippen LogP contribution is -1.93. The summed E-state index contributed by atoms with van der Waals surface area (Å²) in [5.41, 5.74) is 0.389. The second-order valence-corrected chi connectivity index (χ2v) is 1.94. The third kappa shape index (κ3) is 11.4. The molecule has 0 aromatic heterocycles. The molecule has 0 radical (unpaired) electrons. The van der Waals surface area contributed by atoms with Crippen LogP contribution in [0.15, 0.2) is 23.8 Å². The standard InChI is InChI=1S/C5H8O2.C4H6O/c1-3-4(2)5(6)7;1-2-3-4-5/h3H,1-2H3,(H,6,7);2-4H,1H3. The molecular formula is C9H14O3. The third-order valence-electron chi connectivity index (χ3n) is 1.04. The van der Waals surface area contributed by atoms with Gasteiger partial charge in [-0.2, -0.15) is 0 Å². The highest BCUT2D eigenvalue weighted by Gasteiger charge is 1.93. The first-order chi connectivity index (χ1) is 5.59. The predicted molar refractivity (Wildman–Crippen MR) is 47.9 cm³/mol. The van der Waals surface area contributed by atoms with Gasteiger partial charge in [-0.15, -0.1) is 0 Å². The molecule has 0 saturated heterocycles. The highest BCUT2D eigenvalue weighted by atomic mass is 16.4. The molecule has 0 fully saturated rings. The van der Waals surface area contributed by atoms with Crippen LogP contribution in [0.5, 0.6) is 0 Å². The van der Waals surface area contributed by atoms with Gasteiger partial charge in [0.1, 0.15) is 6.29 Å². The van der Waals surface area contributed by atoms with E-state index in [0.29, 0.717) is 5.57 Å². The Bertz CT molecular complexity index is 190. The summed E-state index contributed by atoms with van der Waals surface area (Å²) in [5, 5.41) is 8.11. The Morgan fingerprint density at radius 1 is 1.33 bits per heavy atom. The number of carbonyl (C=O) groups is 2. The minimum atomic E-state index is -0.845. The molecule has 0 unspecified atom stereocenters. The Labute approximate surface area is 72.4 Å². The van der Waals surface area contributed by atoms with Gasteiger partial charge >= 0.3 is 5.97 Å². The molecule has 3 heteroatoms. The molecular weight excluding hydrogens is 156 g/mol. The van der Waals surface area contributed by atoms with Crippen LogP contribution < -0.4 is 0 Å². The van der Waals surface area contributed by atoms with Crippen LogP contribution in [-0.2, 0) is 9.59 Å². The van der Waals surface area contributed by atoms with E-state index in [9.17, 15) is 9.59 Å². The van der Waals surface area contributed by atoms with E-state index in [1.54, 1.807) is 32.9 Å². The third-order valence-corrected chi connectivity index (χ3v) is 1.04. The van der Waals surface area contributed by atoms with E-state index in [1.807, 2.05) is 0 Å². The molecule has 0 aromatic carbocycles. The van der Waals surface area contributed by atoms with Crippen molar-refractivity contribution in [2.75, 3.05) is 0 Å². The number of hydrogen-bond acceptors (Lipinski definition) is 2. The Kier molecular flexibility index (Phi) is 10.6. The first kappa shape index (κ1) is 13.2. The van der Waals surface area contributed by atoms with Crippen LogP contribution >= 0.6 is 0 Å². The highest BCUT2D eigenvalue weighted by molar-refractivity contribution is 5.85. The number of hydrogen-bond donors (Lipinski definition) is 1. The Morgan fingerprint density at radius 2 is 1.83 bits per heavy atom. The van der Waals surface area contributed by atoms with Crippen LogP contribution in [0.25, 0.3) is 0 Å². The zero-order valence-corrected chi connectivity index (χ0v) is 7.57. The van der Waals surface area contributed by atoms with Gasteiger partial charge in [0.15, 0.2) is 0 Å². The average Bonchev–Trinajstić information content (AvgIpc) is 2.05. The summed E-state index contributed by atoms with van der Waals surface area (Å²) >= 11 is 0. The van der Waals surface area contributed by atoms with Crippen molar-refractivity contribution in [3.8, 4) is 0 Å². The zero-order chi connectivity index (χ0) is 9.98. The molecule has 0 rings (SSSR count). The van der Waals surface area contributed by atoms with Crippen molar-refractivity contribution in [1.29, 1.82) is 0 Å². The maximum absolute atomic E-state index is 9.86. The summed E-state index contributed by atoms with van der Waals surface area (Å²) in [6, 6.07) is 0. The molecule has 0 aliphatic rings. The molecule has 3 nitrogen and oxygen atoms in total. The van der Waals surface area contributed by atoms with E-state index in [2.05, 4.69) is 0 Å². The molecule has 0 atom stereocenters.